The maximum absolute atomic E-state index is 12.9. The predicted molar refractivity (Wildman–Crippen MR) is 102 cm³/mol. The Balaban J connectivity index is 1.58. The van der Waals surface area contributed by atoms with Gasteiger partial charge in [-0.25, -0.2) is 9.97 Å². The molecule has 1 aliphatic heterocycles. The summed E-state index contributed by atoms with van der Waals surface area (Å²) in [5, 5.41) is 0. The average molecular weight is 350 g/mol. The Morgan fingerprint density at radius 3 is 2.77 bits per heavy atom. The van der Waals surface area contributed by atoms with Gasteiger partial charge in [-0.1, -0.05) is 37.3 Å². The molecule has 0 bridgehead atoms. The molecule has 0 spiro atoms. The van der Waals surface area contributed by atoms with Crippen molar-refractivity contribution < 1.29 is 4.79 Å². The standard InChI is InChI=1S/C21H26N4O/c1-2-17-14-24(21-18-9-6-10-19(18)22-15-23-21)12-11-20(26)25(17)13-16-7-4-3-5-8-16/h3-5,7-8,15,17H,2,6,9-14H2,1H3. The zero-order chi connectivity index (χ0) is 17.9. The Kier molecular flexibility index (Phi) is 4.87. The van der Waals surface area contributed by atoms with Gasteiger partial charge in [0.2, 0.25) is 5.91 Å². The Labute approximate surface area is 155 Å². The highest BCUT2D eigenvalue weighted by atomic mass is 16.2. The second-order valence-electron chi connectivity index (χ2n) is 7.24. The lowest BCUT2D eigenvalue weighted by molar-refractivity contribution is -0.133. The van der Waals surface area contributed by atoms with Crippen molar-refractivity contribution in [3.05, 3.63) is 53.5 Å². The summed E-state index contributed by atoms with van der Waals surface area (Å²) < 4.78 is 0. The molecule has 1 amide bonds. The van der Waals surface area contributed by atoms with Crippen LogP contribution >= 0.6 is 0 Å². The minimum absolute atomic E-state index is 0.206. The number of aromatic nitrogens is 2. The molecule has 1 aromatic carbocycles. The fourth-order valence-electron chi connectivity index (χ4n) is 4.18. The van der Waals surface area contributed by atoms with E-state index in [1.54, 1.807) is 6.33 Å². The lowest BCUT2D eigenvalue weighted by Gasteiger charge is -2.32. The smallest absolute Gasteiger partial charge is 0.224 e. The summed E-state index contributed by atoms with van der Waals surface area (Å²) in [5.74, 6) is 1.30. The fourth-order valence-corrected chi connectivity index (χ4v) is 4.18. The van der Waals surface area contributed by atoms with E-state index in [1.807, 2.05) is 18.2 Å². The number of carbonyl (C=O) groups excluding carboxylic acids is 1. The number of rotatable bonds is 4. The van der Waals surface area contributed by atoms with E-state index in [0.717, 1.165) is 44.6 Å². The summed E-state index contributed by atoms with van der Waals surface area (Å²) in [4.78, 5) is 26.3. The van der Waals surface area contributed by atoms with Gasteiger partial charge < -0.3 is 9.80 Å². The molecule has 0 saturated carbocycles. The maximum atomic E-state index is 12.9. The summed E-state index contributed by atoms with van der Waals surface area (Å²) in [7, 11) is 0. The van der Waals surface area contributed by atoms with E-state index < -0.39 is 0 Å². The normalized spacial score (nSPS) is 20.2. The summed E-state index contributed by atoms with van der Waals surface area (Å²) >= 11 is 0. The van der Waals surface area contributed by atoms with Crippen molar-refractivity contribution in [3.63, 3.8) is 0 Å². The third-order valence-corrected chi connectivity index (χ3v) is 5.61. The van der Waals surface area contributed by atoms with Crippen LogP contribution in [0.25, 0.3) is 0 Å². The van der Waals surface area contributed by atoms with Gasteiger partial charge in [-0.15, -0.1) is 0 Å². The van der Waals surface area contributed by atoms with Gasteiger partial charge in [0.15, 0.2) is 0 Å². The number of carbonyl (C=O) groups is 1. The van der Waals surface area contributed by atoms with Gasteiger partial charge >= 0.3 is 0 Å². The number of aryl methyl sites for hydroxylation is 1. The Bertz CT molecular complexity index is 777. The number of nitrogens with zero attached hydrogens (tertiary/aromatic N) is 4. The van der Waals surface area contributed by atoms with E-state index in [1.165, 1.54) is 16.8 Å². The van der Waals surface area contributed by atoms with E-state index in [-0.39, 0.29) is 11.9 Å². The van der Waals surface area contributed by atoms with Crippen molar-refractivity contribution in [2.45, 2.75) is 51.6 Å². The van der Waals surface area contributed by atoms with E-state index in [0.29, 0.717) is 13.0 Å². The quantitative estimate of drug-likeness (QED) is 0.851. The minimum Gasteiger partial charge on any atom is -0.354 e. The van der Waals surface area contributed by atoms with Crippen LogP contribution in [-0.4, -0.2) is 39.9 Å². The van der Waals surface area contributed by atoms with Gasteiger partial charge in [0.25, 0.3) is 0 Å². The van der Waals surface area contributed by atoms with E-state index in [2.05, 4.69) is 38.8 Å². The lowest BCUT2D eigenvalue weighted by atomic mass is 10.1. The van der Waals surface area contributed by atoms with Crippen molar-refractivity contribution in [2.75, 3.05) is 18.0 Å². The molecular formula is C21H26N4O. The zero-order valence-corrected chi connectivity index (χ0v) is 15.4. The highest BCUT2D eigenvalue weighted by molar-refractivity contribution is 5.78. The monoisotopic (exact) mass is 350 g/mol. The van der Waals surface area contributed by atoms with Crippen LogP contribution in [0, 0.1) is 0 Å². The molecule has 1 fully saturated rings. The summed E-state index contributed by atoms with van der Waals surface area (Å²) in [6.07, 6.45) is 6.44. The Morgan fingerprint density at radius 1 is 1.12 bits per heavy atom. The van der Waals surface area contributed by atoms with Crippen LogP contribution in [0.5, 0.6) is 0 Å². The number of amides is 1. The van der Waals surface area contributed by atoms with Crippen LogP contribution in [0.1, 0.15) is 43.0 Å². The van der Waals surface area contributed by atoms with Gasteiger partial charge in [0.1, 0.15) is 12.1 Å². The molecule has 0 N–H and O–H groups in total. The highest BCUT2D eigenvalue weighted by Gasteiger charge is 2.31. The highest BCUT2D eigenvalue weighted by Crippen LogP contribution is 2.30. The lowest BCUT2D eigenvalue weighted by Crippen LogP contribution is -2.42. The molecule has 1 atom stereocenters. The Morgan fingerprint density at radius 2 is 1.96 bits per heavy atom. The van der Waals surface area contributed by atoms with Crippen molar-refractivity contribution in [3.8, 4) is 0 Å². The summed E-state index contributed by atoms with van der Waals surface area (Å²) in [6, 6.07) is 10.5. The fraction of sp³-hybridized carbons (Fsp3) is 0.476. The van der Waals surface area contributed by atoms with E-state index >= 15 is 0 Å². The van der Waals surface area contributed by atoms with Crippen molar-refractivity contribution >= 4 is 11.7 Å². The van der Waals surface area contributed by atoms with E-state index in [9.17, 15) is 4.79 Å². The molecule has 2 aromatic rings. The van der Waals surface area contributed by atoms with Crippen LogP contribution in [0.15, 0.2) is 36.7 Å². The molecule has 2 aliphatic rings. The summed E-state index contributed by atoms with van der Waals surface area (Å²) in [5.41, 5.74) is 3.68. The first kappa shape index (κ1) is 17.0. The van der Waals surface area contributed by atoms with Gasteiger partial charge in [0, 0.05) is 43.4 Å². The maximum Gasteiger partial charge on any atom is 0.224 e. The topological polar surface area (TPSA) is 49.3 Å². The van der Waals surface area contributed by atoms with Crippen LogP contribution in [-0.2, 0) is 24.2 Å². The molecule has 26 heavy (non-hydrogen) atoms. The molecule has 2 heterocycles. The second kappa shape index (κ2) is 7.44. The van der Waals surface area contributed by atoms with Gasteiger partial charge in [0.05, 0.1) is 0 Å². The van der Waals surface area contributed by atoms with Gasteiger partial charge in [-0.2, -0.15) is 0 Å². The first-order valence-corrected chi connectivity index (χ1v) is 9.67. The van der Waals surface area contributed by atoms with Crippen LogP contribution in [0.4, 0.5) is 5.82 Å². The third-order valence-electron chi connectivity index (χ3n) is 5.61. The van der Waals surface area contributed by atoms with Crippen LogP contribution in [0.2, 0.25) is 0 Å². The third kappa shape index (κ3) is 3.30. The molecule has 1 aliphatic carbocycles. The molecule has 4 rings (SSSR count). The molecule has 1 saturated heterocycles. The molecule has 136 valence electrons. The van der Waals surface area contributed by atoms with Gasteiger partial charge in [-0.3, -0.25) is 4.79 Å². The molecule has 5 nitrogen and oxygen atoms in total. The zero-order valence-electron chi connectivity index (χ0n) is 15.4. The van der Waals surface area contributed by atoms with Gasteiger partial charge in [-0.05, 0) is 31.2 Å². The number of anilines is 1. The molecule has 1 unspecified atom stereocenters. The van der Waals surface area contributed by atoms with Crippen LogP contribution in [0.3, 0.4) is 0 Å². The number of hydrogen-bond acceptors (Lipinski definition) is 4. The molecular weight excluding hydrogens is 324 g/mol. The number of benzene rings is 1. The number of hydrogen-bond donors (Lipinski definition) is 0. The number of fused-ring (bicyclic) bond motifs is 1. The predicted octanol–water partition coefficient (Wildman–Crippen LogP) is 2.98. The Hall–Kier alpha value is -2.43. The first-order valence-electron chi connectivity index (χ1n) is 9.67. The molecule has 1 aromatic heterocycles. The van der Waals surface area contributed by atoms with Crippen molar-refractivity contribution in [1.82, 2.24) is 14.9 Å². The largest absolute Gasteiger partial charge is 0.354 e. The molecule has 5 heteroatoms. The summed E-state index contributed by atoms with van der Waals surface area (Å²) in [6.45, 7) is 4.44. The second-order valence-corrected chi connectivity index (χ2v) is 7.24. The van der Waals surface area contributed by atoms with Crippen molar-refractivity contribution in [1.29, 1.82) is 0 Å². The van der Waals surface area contributed by atoms with Crippen molar-refractivity contribution in [2.24, 2.45) is 0 Å². The van der Waals surface area contributed by atoms with E-state index in [4.69, 9.17) is 0 Å². The van der Waals surface area contributed by atoms with Crippen LogP contribution < -0.4 is 4.90 Å². The average Bonchev–Trinajstić information content (AvgIpc) is 3.10. The first-order chi connectivity index (χ1) is 12.8. The minimum atomic E-state index is 0.206. The SMILES string of the molecule is CCC1CN(c2ncnc3c2CCC3)CCC(=O)N1Cc1ccccc1. The molecule has 0 radical (unpaired) electrons.